The van der Waals surface area contributed by atoms with Gasteiger partial charge in [-0.15, -0.1) is 12.4 Å². The number of aliphatic hydroxyl groups is 2. The smallest absolute Gasteiger partial charge is 0.0611 e. The molecular weight excluding hydrogens is 334 g/mol. The van der Waals surface area contributed by atoms with Crippen molar-refractivity contribution in [3.8, 4) is 0 Å². The zero-order valence-electron chi connectivity index (χ0n) is 15.9. The van der Waals surface area contributed by atoms with Gasteiger partial charge in [0.2, 0.25) is 0 Å². The summed E-state index contributed by atoms with van der Waals surface area (Å²) in [5.41, 5.74) is 8.33. The third-order valence-electron chi connectivity index (χ3n) is 4.90. The van der Waals surface area contributed by atoms with E-state index < -0.39 is 5.54 Å². The summed E-state index contributed by atoms with van der Waals surface area (Å²) in [6.07, 6.45) is 12.1. The summed E-state index contributed by atoms with van der Waals surface area (Å²) in [6.45, 7) is 2.36. The average Bonchev–Trinajstić information content (AvgIpc) is 2.62. The van der Waals surface area contributed by atoms with Crippen LogP contribution in [0.3, 0.4) is 0 Å². The first-order valence-electron chi connectivity index (χ1n) is 9.72. The molecule has 25 heavy (non-hydrogen) atoms. The van der Waals surface area contributed by atoms with Gasteiger partial charge in [-0.3, -0.25) is 0 Å². The second-order valence-electron chi connectivity index (χ2n) is 7.18. The highest BCUT2D eigenvalue weighted by atomic mass is 35.5. The van der Waals surface area contributed by atoms with Gasteiger partial charge in [-0.25, -0.2) is 0 Å². The number of hydrogen-bond acceptors (Lipinski definition) is 3. The van der Waals surface area contributed by atoms with E-state index in [1.54, 1.807) is 0 Å². The molecule has 3 nitrogen and oxygen atoms in total. The van der Waals surface area contributed by atoms with Crippen LogP contribution in [0.2, 0.25) is 0 Å². The summed E-state index contributed by atoms with van der Waals surface area (Å²) in [4.78, 5) is 0. The van der Waals surface area contributed by atoms with Gasteiger partial charge < -0.3 is 15.9 Å². The molecule has 0 heterocycles. The lowest BCUT2D eigenvalue weighted by Gasteiger charge is -2.27. The number of unbranched alkanes of at least 4 members (excludes halogenated alkanes) is 5. The van der Waals surface area contributed by atoms with Gasteiger partial charge in [0.1, 0.15) is 0 Å². The fourth-order valence-corrected chi connectivity index (χ4v) is 3.09. The Kier molecular flexibility index (Phi) is 14.2. The average molecular weight is 372 g/mol. The lowest BCUT2D eigenvalue weighted by molar-refractivity contribution is 0.165. The Morgan fingerprint density at radius 1 is 0.800 bits per heavy atom. The molecular formula is C21H38ClNO2. The molecule has 1 aromatic carbocycles. The van der Waals surface area contributed by atoms with Gasteiger partial charge in [0.25, 0.3) is 0 Å². The molecule has 0 spiro atoms. The standard InChI is InChI=1S/C21H37NO2.ClH/c1-2-3-4-5-6-7-9-19-10-12-20(13-11-19)14-16-21(22,18-24)15-8-17-23;/h10-13,23-24H,2-9,14-18,22H2,1H3;1H. The van der Waals surface area contributed by atoms with Crippen molar-refractivity contribution in [3.63, 3.8) is 0 Å². The van der Waals surface area contributed by atoms with Gasteiger partial charge >= 0.3 is 0 Å². The summed E-state index contributed by atoms with van der Waals surface area (Å²) < 4.78 is 0. The predicted octanol–water partition coefficient (Wildman–Crippen LogP) is 4.41. The number of aliphatic hydroxyl groups excluding tert-OH is 2. The van der Waals surface area contributed by atoms with Gasteiger partial charge in [-0.1, -0.05) is 63.3 Å². The van der Waals surface area contributed by atoms with Gasteiger partial charge in [0.05, 0.1) is 6.61 Å². The Labute approximate surface area is 160 Å². The fraction of sp³-hybridized carbons (Fsp3) is 0.714. The Balaban J connectivity index is 0.00000576. The number of nitrogens with two attached hydrogens (primary N) is 1. The molecule has 0 radical (unpaired) electrons. The number of aryl methyl sites for hydroxylation is 2. The molecule has 146 valence electrons. The highest BCUT2D eigenvalue weighted by Gasteiger charge is 2.23. The Hall–Kier alpha value is -0.610. The van der Waals surface area contributed by atoms with E-state index in [1.807, 2.05) is 0 Å². The van der Waals surface area contributed by atoms with Crippen molar-refractivity contribution in [2.45, 2.75) is 83.1 Å². The number of rotatable bonds is 14. The van der Waals surface area contributed by atoms with E-state index in [-0.39, 0.29) is 25.6 Å². The number of hydrogen-bond donors (Lipinski definition) is 3. The van der Waals surface area contributed by atoms with Crippen LogP contribution in [0.15, 0.2) is 24.3 Å². The lowest BCUT2D eigenvalue weighted by atomic mass is 9.88. The normalized spacial score (nSPS) is 13.3. The zero-order chi connectivity index (χ0) is 17.7. The van der Waals surface area contributed by atoms with Crippen LogP contribution in [0.1, 0.15) is 75.8 Å². The van der Waals surface area contributed by atoms with Crippen molar-refractivity contribution in [2.75, 3.05) is 13.2 Å². The van der Waals surface area contributed by atoms with Crippen molar-refractivity contribution in [1.29, 1.82) is 0 Å². The molecule has 0 bridgehead atoms. The largest absolute Gasteiger partial charge is 0.396 e. The molecule has 0 fully saturated rings. The van der Waals surface area contributed by atoms with Crippen LogP contribution < -0.4 is 5.73 Å². The maximum absolute atomic E-state index is 9.50. The molecule has 1 unspecified atom stereocenters. The van der Waals surface area contributed by atoms with Gasteiger partial charge in [-0.2, -0.15) is 0 Å². The quantitative estimate of drug-likeness (QED) is 0.424. The van der Waals surface area contributed by atoms with E-state index >= 15 is 0 Å². The monoisotopic (exact) mass is 371 g/mol. The Morgan fingerprint density at radius 2 is 1.36 bits per heavy atom. The minimum absolute atomic E-state index is 0. The van der Waals surface area contributed by atoms with Crippen molar-refractivity contribution in [3.05, 3.63) is 35.4 Å². The van der Waals surface area contributed by atoms with E-state index in [1.165, 1.54) is 56.1 Å². The van der Waals surface area contributed by atoms with Crippen molar-refractivity contribution >= 4 is 12.4 Å². The number of benzene rings is 1. The molecule has 4 N–H and O–H groups in total. The molecule has 0 saturated carbocycles. The van der Waals surface area contributed by atoms with Crippen LogP contribution in [0.4, 0.5) is 0 Å². The summed E-state index contributed by atoms with van der Waals surface area (Å²) in [6, 6.07) is 8.84. The first kappa shape index (κ1) is 24.4. The second-order valence-corrected chi connectivity index (χ2v) is 7.18. The lowest BCUT2D eigenvalue weighted by Crippen LogP contribution is -2.44. The second kappa shape index (κ2) is 14.5. The molecule has 1 atom stereocenters. The summed E-state index contributed by atoms with van der Waals surface area (Å²) in [7, 11) is 0. The van der Waals surface area contributed by atoms with Crippen LogP contribution >= 0.6 is 12.4 Å². The Bertz CT molecular complexity index is 424. The highest BCUT2D eigenvalue weighted by Crippen LogP contribution is 2.18. The SMILES string of the molecule is CCCCCCCCc1ccc(CCC(N)(CO)CCCO)cc1.Cl. The molecule has 1 rings (SSSR count). The van der Waals surface area contributed by atoms with Gasteiger partial charge in [-0.05, 0) is 49.7 Å². The minimum Gasteiger partial charge on any atom is -0.396 e. The molecule has 4 heteroatoms. The van der Waals surface area contributed by atoms with Crippen LogP contribution in [-0.2, 0) is 12.8 Å². The predicted molar refractivity (Wildman–Crippen MR) is 109 cm³/mol. The first-order chi connectivity index (χ1) is 11.6. The molecule has 0 aliphatic heterocycles. The minimum atomic E-state index is -0.570. The topological polar surface area (TPSA) is 66.5 Å². The Morgan fingerprint density at radius 3 is 1.92 bits per heavy atom. The van der Waals surface area contributed by atoms with Crippen LogP contribution in [0, 0.1) is 0 Å². The molecule has 0 aliphatic carbocycles. The van der Waals surface area contributed by atoms with Crippen molar-refractivity contribution in [1.82, 2.24) is 0 Å². The van der Waals surface area contributed by atoms with Crippen molar-refractivity contribution < 1.29 is 10.2 Å². The van der Waals surface area contributed by atoms with E-state index in [9.17, 15) is 5.11 Å². The van der Waals surface area contributed by atoms with Crippen LogP contribution in [0.25, 0.3) is 0 Å². The molecule has 1 aromatic rings. The van der Waals surface area contributed by atoms with E-state index in [0.29, 0.717) is 12.8 Å². The van der Waals surface area contributed by atoms with Crippen molar-refractivity contribution in [2.24, 2.45) is 5.73 Å². The van der Waals surface area contributed by atoms with E-state index in [4.69, 9.17) is 10.8 Å². The summed E-state index contributed by atoms with van der Waals surface area (Å²) in [5, 5.41) is 18.4. The first-order valence-corrected chi connectivity index (χ1v) is 9.72. The maximum atomic E-state index is 9.50. The van der Waals surface area contributed by atoms with E-state index in [0.717, 1.165) is 12.8 Å². The van der Waals surface area contributed by atoms with Crippen LogP contribution in [0.5, 0.6) is 0 Å². The summed E-state index contributed by atoms with van der Waals surface area (Å²) >= 11 is 0. The molecule has 0 amide bonds. The van der Waals surface area contributed by atoms with Gasteiger partial charge in [0.15, 0.2) is 0 Å². The van der Waals surface area contributed by atoms with Gasteiger partial charge in [0, 0.05) is 12.1 Å². The maximum Gasteiger partial charge on any atom is 0.0611 e. The molecule has 0 aromatic heterocycles. The molecule has 0 aliphatic rings. The van der Waals surface area contributed by atoms with E-state index in [2.05, 4.69) is 31.2 Å². The third kappa shape index (κ3) is 10.9. The van der Waals surface area contributed by atoms with Crippen LogP contribution in [-0.4, -0.2) is 29.0 Å². The highest BCUT2D eigenvalue weighted by molar-refractivity contribution is 5.85. The third-order valence-corrected chi connectivity index (χ3v) is 4.90. The zero-order valence-corrected chi connectivity index (χ0v) is 16.7. The molecule has 0 saturated heterocycles. The fourth-order valence-electron chi connectivity index (χ4n) is 3.09. The number of halogens is 1. The summed E-state index contributed by atoms with van der Waals surface area (Å²) in [5.74, 6) is 0.